The van der Waals surface area contributed by atoms with Gasteiger partial charge in [-0.15, -0.1) is 24.0 Å². The number of carbonyl (C=O) groups is 1. The van der Waals surface area contributed by atoms with Gasteiger partial charge < -0.3 is 25.6 Å². The summed E-state index contributed by atoms with van der Waals surface area (Å²) in [6.45, 7) is 8.34. The van der Waals surface area contributed by atoms with E-state index in [-0.39, 0.29) is 29.9 Å². The molecule has 7 nitrogen and oxygen atoms in total. The summed E-state index contributed by atoms with van der Waals surface area (Å²) >= 11 is 0. The molecule has 0 aliphatic carbocycles. The molecule has 8 heteroatoms. The Kier molecular flexibility index (Phi) is 16.6. The highest BCUT2D eigenvalue weighted by Crippen LogP contribution is 2.11. The van der Waals surface area contributed by atoms with Gasteiger partial charge in [-0.2, -0.15) is 0 Å². The van der Waals surface area contributed by atoms with E-state index in [1.807, 2.05) is 50.2 Å². The zero-order valence-electron chi connectivity index (χ0n) is 18.3. The Morgan fingerprint density at radius 2 is 1.90 bits per heavy atom. The minimum absolute atomic E-state index is 0. The normalized spacial score (nSPS) is 11.1. The Morgan fingerprint density at radius 1 is 1.14 bits per heavy atom. The van der Waals surface area contributed by atoms with Gasteiger partial charge in [-0.05, 0) is 51.6 Å². The SMILES string of the molecule is CCCCOCCCNC(=NCc1cccc(NC(=O)CN(C)C)c1)NCC.I. The number of hydrogen-bond donors (Lipinski definition) is 3. The lowest BCUT2D eigenvalue weighted by molar-refractivity contribution is -0.116. The van der Waals surface area contributed by atoms with Crippen molar-refractivity contribution >= 4 is 41.5 Å². The highest BCUT2D eigenvalue weighted by atomic mass is 127. The second-order valence-corrected chi connectivity index (χ2v) is 6.93. The standard InChI is InChI=1S/C21H37N5O2.HI/c1-5-7-13-28-14-9-12-23-21(22-6-2)24-16-18-10-8-11-19(15-18)25-20(27)17-26(3)4;/h8,10-11,15H,5-7,9,12-14,16-17H2,1-4H3,(H,25,27)(H2,22,23,24);1H. The number of amides is 1. The third-order valence-electron chi connectivity index (χ3n) is 3.83. The van der Waals surface area contributed by atoms with E-state index in [4.69, 9.17) is 4.74 Å². The van der Waals surface area contributed by atoms with E-state index in [2.05, 4.69) is 27.9 Å². The molecule has 0 saturated carbocycles. The van der Waals surface area contributed by atoms with E-state index in [0.29, 0.717) is 13.1 Å². The quantitative estimate of drug-likeness (QED) is 0.162. The molecule has 1 aromatic rings. The summed E-state index contributed by atoms with van der Waals surface area (Å²) in [4.78, 5) is 18.4. The number of ether oxygens (including phenoxy) is 1. The molecule has 0 fully saturated rings. The molecule has 0 saturated heterocycles. The lowest BCUT2D eigenvalue weighted by Crippen LogP contribution is -2.38. The maximum Gasteiger partial charge on any atom is 0.238 e. The summed E-state index contributed by atoms with van der Waals surface area (Å²) in [6, 6.07) is 7.80. The molecule has 0 atom stereocenters. The van der Waals surface area contributed by atoms with Crippen molar-refractivity contribution in [2.45, 2.75) is 39.7 Å². The molecule has 0 spiro atoms. The van der Waals surface area contributed by atoms with Gasteiger partial charge >= 0.3 is 0 Å². The number of likely N-dealkylation sites (N-methyl/N-ethyl adjacent to an activating group) is 1. The van der Waals surface area contributed by atoms with Crippen LogP contribution in [-0.2, 0) is 16.1 Å². The number of benzene rings is 1. The predicted molar refractivity (Wildman–Crippen MR) is 132 cm³/mol. The molecule has 0 aliphatic heterocycles. The second kappa shape index (κ2) is 17.5. The van der Waals surface area contributed by atoms with Crippen LogP contribution < -0.4 is 16.0 Å². The van der Waals surface area contributed by atoms with Crippen molar-refractivity contribution < 1.29 is 9.53 Å². The second-order valence-electron chi connectivity index (χ2n) is 6.93. The van der Waals surface area contributed by atoms with Crippen molar-refractivity contribution in [1.82, 2.24) is 15.5 Å². The summed E-state index contributed by atoms with van der Waals surface area (Å²) in [6.07, 6.45) is 3.23. The summed E-state index contributed by atoms with van der Waals surface area (Å²) in [5, 5.41) is 9.50. The van der Waals surface area contributed by atoms with Gasteiger partial charge in [0.05, 0.1) is 13.1 Å². The average Bonchev–Trinajstić information content (AvgIpc) is 2.65. The Bertz CT molecular complexity index is 596. The van der Waals surface area contributed by atoms with Crippen LogP contribution in [0.25, 0.3) is 0 Å². The number of carbonyl (C=O) groups excluding carboxylic acids is 1. The first kappa shape index (κ1) is 27.6. The molecule has 0 heterocycles. The Balaban J connectivity index is 0.00000784. The smallest absolute Gasteiger partial charge is 0.238 e. The molecule has 0 unspecified atom stereocenters. The molecule has 1 aromatic carbocycles. The van der Waals surface area contributed by atoms with Crippen molar-refractivity contribution in [2.75, 3.05) is 52.3 Å². The molecule has 1 rings (SSSR count). The topological polar surface area (TPSA) is 78.0 Å². The minimum Gasteiger partial charge on any atom is -0.381 e. The van der Waals surface area contributed by atoms with Crippen LogP contribution >= 0.6 is 24.0 Å². The van der Waals surface area contributed by atoms with E-state index >= 15 is 0 Å². The van der Waals surface area contributed by atoms with Crippen molar-refractivity contribution in [3.8, 4) is 0 Å². The van der Waals surface area contributed by atoms with Gasteiger partial charge in [-0.1, -0.05) is 25.5 Å². The van der Waals surface area contributed by atoms with Gasteiger partial charge in [-0.25, -0.2) is 4.99 Å². The van der Waals surface area contributed by atoms with Crippen LogP contribution in [0.2, 0.25) is 0 Å². The molecule has 0 radical (unpaired) electrons. The van der Waals surface area contributed by atoms with Crippen LogP contribution in [0.4, 0.5) is 5.69 Å². The monoisotopic (exact) mass is 519 g/mol. The number of aliphatic imine (C=N–C) groups is 1. The van der Waals surface area contributed by atoms with Gasteiger partial charge in [0, 0.05) is 32.0 Å². The maximum atomic E-state index is 11.9. The fraction of sp³-hybridized carbons (Fsp3) is 0.619. The van der Waals surface area contributed by atoms with Crippen LogP contribution in [-0.4, -0.2) is 63.7 Å². The first-order valence-corrected chi connectivity index (χ1v) is 10.2. The molecule has 166 valence electrons. The number of nitrogens with zero attached hydrogens (tertiary/aromatic N) is 2. The highest BCUT2D eigenvalue weighted by molar-refractivity contribution is 14.0. The minimum atomic E-state index is -0.0261. The van der Waals surface area contributed by atoms with Crippen molar-refractivity contribution in [2.24, 2.45) is 4.99 Å². The fourth-order valence-electron chi connectivity index (χ4n) is 2.48. The number of guanidine groups is 1. The maximum absolute atomic E-state index is 11.9. The Labute approximate surface area is 193 Å². The zero-order valence-corrected chi connectivity index (χ0v) is 20.6. The molecule has 0 aliphatic rings. The van der Waals surface area contributed by atoms with Crippen molar-refractivity contribution in [3.63, 3.8) is 0 Å². The van der Waals surface area contributed by atoms with E-state index < -0.39 is 0 Å². The van der Waals surface area contributed by atoms with Gasteiger partial charge in [0.2, 0.25) is 5.91 Å². The number of anilines is 1. The lowest BCUT2D eigenvalue weighted by Gasteiger charge is -2.12. The third kappa shape index (κ3) is 14.3. The fourth-order valence-corrected chi connectivity index (χ4v) is 2.48. The van der Waals surface area contributed by atoms with E-state index in [9.17, 15) is 4.79 Å². The lowest BCUT2D eigenvalue weighted by atomic mass is 10.2. The van der Waals surface area contributed by atoms with Gasteiger partial charge in [0.15, 0.2) is 5.96 Å². The molecule has 0 aromatic heterocycles. The molecule has 1 amide bonds. The Hall–Kier alpha value is -1.39. The largest absolute Gasteiger partial charge is 0.381 e. The molecular weight excluding hydrogens is 481 g/mol. The third-order valence-corrected chi connectivity index (χ3v) is 3.83. The van der Waals surface area contributed by atoms with Crippen LogP contribution in [0.5, 0.6) is 0 Å². The van der Waals surface area contributed by atoms with Gasteiger partial charge in [0.1, 0.15) is 0 Å². The van der Waals surface area contributed by atoms with E-state index in [1.165, 1.54) is 0 Å². The van der Waals surface area contributed by atoms with Gasteiger partial charge in [0.25, 0.3) is 0 Å². The first-order valence-electron chi connectivity index (χ1n) is 10.2. The summed E-state index contributed by atoms with van der Waals surface area (Å²) in [5.41, 5.74) is 1.84. The predicted octanol–water partition coefficient (Wildman–Crippen LogP) is 3.07. The van der Waals surface area contributed by atoms with Gasteiger partial charge in [-0.3, -0.25) is 4.79 Å². The number of unbranched alkanes of at least 4 members (excludes halogenated alkanes) is 1. The number of rotatable bonds is 13. The van der Waals surface area contributed by atoms with Crippen LogP contribution in [0.15, 0.2) is 29.3 Å². The molecular formula is C21H38IN5O2. The molecule has 3 N–H and O–H groups in total. The zero-order chi connectivity index (χ0) is 20.6. The molecule has 0 bridgehead atoms. The Morgan fingerprint density at radius 3 is 2.59 bits per heavy atom. The van der Waals surface area contributed by atoms with Crippen molar-refractivity contribution in [3.05, 3.63) is 29.8 Å². The van der Waals surface area contributed by atoms with Crippen LogP contribution in [0.3, 0.4) is 0 Å². The summed E-state index contributed by atoms with van der Waals surface area (Å²) in [5.74, 6) is 0.764. The average molecular weight is 519 g/mol. The number of hydrogen-bond acceptors (Lipinski definition) is 4. The van der Waals surface area contributed by atoms with E-state index in [0.717, 1.165) is 62.8 Å². The summed E-state index contributed by atoms with van der Waals surface area (Å²) < 4.78 is 5.58. The summed E-state index contributed by atoms with van der Waals surface area (Å²) in [7, 11) is 3.74. The first-order chi connectivity index (χ1) is 13.5. The highest BCUT2D eigenvalue weighted by Gasteiger charge is 2.04. The van der Waals surface area contributed by atoms with Crippen molar-refractivity contribution in [1.29, 1.82) is 0 Å². The van der Waals surface area contributed by atoms with Crippen LogP contribution in [0, 0.1) is 0 Å². The molecule has 29 heavy (non-hydrogen) atoms. The van der Waals surface area contributed by atoms with Crippen LogP contribution in [0.1, 0.15) is 38.7 Å². The number of halogens is 1. The van der Waals surface area contributed by atoms with E-state index in [1.54, 1.807) is 0 Å². The number of nitrogens with one attached hydrogen (secondary N) is 3.